The number of piperidine rings is 1. The zero-order valence-electron chi connectivity index (χ0n) is 14.1. The van der Waals surface area contributed by atoms with Gasteiger partial charge in [0.25, 0.3) is 5.91 Å². The van der Waals surface area contributed by atoms with Crippen molar-refractivity contribution in [3.05, 3.63) is 65.5 Å². The van der Waals surface area contributed by atoms with Crippen LogP contribution in [0.1, 0.15) is 28.8 Å². The minimum absolute atomic E-state index is 0.103. The Morgan fingerprint density at radius 1 is 1.12 bits per heavy atom. The lowest BCUT2D eigenvalue weighted by atomic mass is 9.95. The maximum atomic E-state index is 13.0. The molecule has 132 valence electrons. The number of halogens is 1. The molecular weight excluding hydrogens is 333 g/mol. The van der Waals surface area contributed by atoms with Crippen LogP contribution in [-0.4, -0.2) is 29.8 Å². The number of likely N-dealkylation sites (tertiary alicyclic amines) is 1. The summed E-state index contributed by atoms with van der Waals surface area (Å²) in [6, 6.07) is 14.3. The second-order valence-electron chi connectivity index (χ2n) is 6.26. The van der Waals surface area contributed by atoms with Crippen molar-refractivity contribution in [3.8, 4) is 6.07 Å². The van der Waals surface area contributed by atoms with E-state index in [1.165, 1.54) is 24.3 Å². The lowest BCUT2D eigenvalue weighted by Gasteiger charge is -2.31. The molecule has 0 radical (unpaired) electrons. The molecule has 0 aliphatic carbocycles. The van der Waals surface area contributed by atoms with E-state index in [4.69, 9.17) is 5.26 Å². The van der Waals surface area contributed by atoms with Gasteiger partial charge in [-0.1, -0.05) is 6.07 Å². The molecule has 1 aliphatic heterocycles. The van der Waals surface area contributed by atoms with Gasteiger partial charge >= 0.3 is 0 Å². The molecular formula is C20H18FN3O2. The molecule has 1 aliphatic rings. The van der Waals surface area contributed by atoms with Crippen LogP contribution >= 0.6 is 0 Å². The number of nitrogens with zero attached hydrogens (tertiary/aromatic N) is 2. The number of carbonyl (C=O) groups excluding carboxylic acids is 2. The van der Waals surface area contributed by atoms with Crippen molar-refractivity contribution in [1.29, 1.82) is 5.26 Å². The molecule has 1 saturated heterocycles. The molecule has 1 heterocycles. The summed E-state index contributed by atoms with van der Waals surface area (Å²) in [7, 11) is 0. The van der Waals surface area contributed by atoms with E-state index in [1.54, 1.807) is 29.2 Å². The summed E-state index contributed by atoms with van der Waals surface area (Å²) in [5.41, 5.74) is 1.53. The maximum absolute atomic E-state index is 13.0. The monoisotopic (exact) mass is 351 g/mol. The number of nitriles is 1. The van der Waals surface area contributed by atoms with Gasteiger partial charge in [-0.2, -0.15) is 5.26 Å². The van der Waals surface area contributed by atoms with Gasteiger partial charge in [0.15, 0.2) is 0 Å². The van der Waals surface area contributed by atoms with Crippen LogP contribution in [0.25, 0.3) is 0 Å². The first-order valence-corrected chi connectivity index (χ1v) is 8.42. The highest BCUT2D eigenvalue weighted by Crippen LogP contribution is 2.21. The lowest BCUT2D eigenvalue weighted by molar-refractivity contribution is -0.121. The first-order valence-electron chi connectivity index (χ1n) is 8.42. The van der Waals surface area contributed by atoms with Crippen molar-refractivity contribution >= 4 is 17.5 Å². The van der Waals surface area contributed by atoms with Crippen molar-refractivity contribution in [2.45, 2.75) is 12.8 Å². The fraction of sp³-hybridized carbons (Fsp3) is 0.250. The smallest absolute Gasteiger partial charge is 0.253 e. The van der Waals surface area contributed by atoms with E-state index in [-0.39, 0.29) is 23.5 Å². The predicted octanol–water partition coefficient (Wildman–Crippen LogP) is 3.19. The Balaban J connectivity index is 1.56. The molecule has 0 atom stereocenters. The number of nitrogens with one attached hydrogen (secondary N) is 1. The van der Waals surface area contributed by atoms with Crippen molar-refractivity contribution in [3.63, 3.8) is 0 Å². The molecule has 5 nitrogen and oxygen atoms in total. The first kappa shape index (κ1) is 17.6. The van der Waals surface area contributed by atoms with Crippen LogP contribution in [0.15, 0.2) is 48.5 Å². The zero-order valence-corrected chi connectivity index (χ0v) is 14.1. The van der Waals surface area contributed by atoms with Gasteiger partial charge < -0.3 is 10.2 Å². The quantitative estimate of drug-likeness (QED) is 0.923. The maximum Gasteiger partial charge on any atom is 0.253 e. The Hall–Kier alpha value is -3.20. The van der Waals surface area contributed by atoms with Crippen LogP contribution in [0.3, 0.4) is 0 Å². The van der Waals surface area contributed by atoms with Crippen molar-refractivity contribution < 1.29 is 14.0 Å². The number of hydrogen-bond acceptors (Lipinski definition) is 3. The third-order valence-electron chi connectivity index (χ3n) is 4.50. The summed E-state index contributed by atoms with van der Waals surface area (Å²) in [4.78, 5) is 26.5. The summed E-state index contributed by atoms with van der Waals surface area (Å²) in [5.74, 6) is -0.810. The summed E-state index contributed by atoms with van der Waals surface area (Å²) < 4.78 is 13.0. The second-order valence-corrected chi connectivity index (χ2v) is 6.26. The number of anilines is 1. The van der Waals surface area contributed by atoms with Crippen LogP contribution in [-0.2, 0) is 4.79 Å². The normalized spacial score (nSPS) is 14.5. The van der Waals surface area contributed by atoms with E-state index in [0.29, 0.717) is 42.7 Å². The molecule has 1 N–H and O–H groups in total. The number of carbonyl (C=O) groups is 2. The van der Waals surface area contributed by atoms with E-state index in [1.807, 2.05) is 6.07 Å². The molecule has 26 heavy (non-hydrogen) atoms. The van der Waals surface area contributed by atoms with Gasteiger partial charge in [-0.3, -0.25) is 9.59 Å². The number of amides is 2. The predicted molar refractivity (Wildman–Crippen MR) is 94.8 cm³/mol. The van der Waals surface area contributed by atoms with Crippen molar-refractivity contribution in [2.24, 2.45) is 5.92 Å². The molecule has 3 rings (SSSR count). The Morgan fingerprint density at radius 2 is 1.81 bits per heavy atom. The minimum atomic E-state index is -0.377. The van der Waals surface area contributed by atoms with Crippen LogP contribution in [0.2, 0.25) is 0 Å². The molecule has 2 amide bonds. The van der Waals surface area contributed by atoms with Gasteiger partial charge in [-0.05, 0) is 55.3 Å². The van der Waals surface area contributed by atoms with Crippen molar-refractivity contribution in [1.82, 2.24) is 4.90 Å². The van der Waals surface area contributed by atoms with E-state index in [2.05, 4.69) is 5.32 Å². The number of rotatable bonds is 3. The Labute approximate surface area is 151 Å². The average molecular weight is 351 g/mol. The number of benzene rings is 2. The van der Waals surface area contributed by atoms with E-state index in [9.17, 15) is 14.0 Å². The number of hydrogen-bond donors (Lipinski definition) is 1. The Bertz CT molecular complexity index is 850. The summed E-state index contributed by atoms with van der Waals surface area (Å²) in [6.45, 7) is 0.957. The van der Waals surface area contributed by atoms with Crippen LogP contribution in [0.5, 0.6) is 0 Å². The molecule has 0 aromatic heterocycles. The molecule has 0 bridgehead atoms. The fourth-order valence-electron chi connectivity index (χ4n) is 3.03. The van der Waals surface area contributed by atoms with Gasteiger partial charge in [0, 0.05) is 30.3 Å². The highest BCUT2D eigenvalue weighted by molar-refractivity contribution is 5.95. The second kappa shape index (κ2) is 7.79. The fourth-order valence-corrected chi connectivity index (χ4v) is 3.03. The molecule has 1 fully saturated rings. The molecule has 6 heteroatoms. The van der Waals surface area contributed by atoms with Crippen molar-refractivity contribution in [2.75, 3.05) is 18.4 Å². The summed E-state index contributed by atoms with van der Waals surface area (Å²) in [6.07, 6.45) is 1.13. The molecule has 0 unspecified atom stereocenters. The topological polar surface area (TPSA) is 73.2 Å². The summed E-state index contributed by atoms with van der Waals surface area (Å²) >= 11 is 0. The standard InChI is InChI=1S/C20H18FN3O2/c21-17-6-4-16(5-7-17)20(26)24-10-8-15(9-11-24)19(25)23-18-3-1-2-14(12-18)13-22/h1-7,12,15H,8-11H2,(H,23,25). The molecule has 2 aromatic carbocycles. The largest absolute Gasteiger partial charge is 0.339 e. The van der Waals surface area contributed by atoms with E-state index >= 15 is 0 Å². The highest BCUT2D eigenvalue weighted by atomic mass is 19.1. The molecule has 0 saturated carbocycles. The third kappa shape index (κ3) is 4.06. The third-order valence-corrected chi connectivity index (χ3v) is 4.50. The van der Waals surface area contributed by atoms with Gasteiger partial charge in [-0.15, -0.1) is 0 Å². The summed E-state index contributed by atoms with van der Waals surface area (Å²) in [5, 5.41) is 11.7. The van der Waals surface area contributed by atoms with E-state index < -0.39 is 0 Å². The van der Waals surface area contributed by atoms with Crippen LogP contribution in [0, 0.1) is 23.1 Å². The van der Waals surface area contributed by atoms with Gasteiger partial charge in [0.05, 0.1) is 11.6 Å². The van der Waals surface area contributed by atoms with Gasteiger partial charge in [-0.25, -0.2) is 4.39 Å². The zero-order chi connectivity index (χ0) is 18.5. The van der Waals surface area contributed by atoms with Crippen LogP contribution < -0.4 is 5.32 Å². The van der Waals surface area contributed by atoms with E-state index in [0.717, 1.165) is 0 Å². The first-order chi connectivity index (χ1) is 12.6. The van der Waals surface area contributed by atoms with Crippen LogP contribution in [0.4, 0.5) is 10.1 Å². The molecule has 0 spiro atoms. The average Bonchev–Trinajstić information content (AvgIpc) is 2.68. The van der Waals surface area contributed by atoms with Gasteiger partial charge in [0.1, 0.15) is 5.82 Å². The van der Waals surface area contributed by atoms with Gasteiger partial charge in [0.2, 0.25) is 5.91 Å². The lowest BCUT2D eigenvalue weighted by Crippen LogP contribution is -2.41. The SMILES string of the molecule is N#Cc1cccc(NC(=O)C2CCN(C(=O)c3ccc(F)cc3)CC2)c1. The highest BCUT2D eigenvalue weighted by Gasteiger charge is 2.27. The minimum Gasteiger partial charge on any atom is -0.339 e. The Morgan fingerprint density at radius 3 is 2.46 bits per heavy atom. The Kier molecular flexibility index (Phi) is 5.28. The molecule has 2 aromatic rings.